The molecule has 0 radical (unpaired) electrons. The Morgan fingerprint density at radius 1 is 0.926 bits per heavy atom. The van der Waals surface area contributed by atoms with E-state index in [1.165, 1.54) is 54.4 Å². The highest BCUT2D eigenvalue weighted by Gasteiger charge is 2.21. The van der Waals surface area contributed by atoms with Crippen molar-refractivity contribution in [2.24, 2.45) is 5.92 Å². The van der Waals surface area contributed by atoms with E-state index in [0.29, 0.717) is 13.2 Å². The summed E-state index contributed by atoms with van der Waals surface area (Å²) in [6.45, 7) is 7.04. The maximum atomic E-state index is 5.50. The summed E-state index contributed by atoms with van der Waals surface area (Å²) < 4.78 is 5.50. The van der Waals surface area contributed by atoms with Crippen LogP contribution in [0, 0.1) is 5.92 Å². The Kier molecular flexibility index (Phi) is 7.47. The normalized spacial score (nSPS) is 20.0. The van der Waals surface area contributed by atoms with Gasteiger partial charge < -0.3 is 4.74 Å². The Labute approximate surface area is 164 Å². The summed E-state index contributed by atoms with van der Waals surface area (Å²) in [6, 6.07) is 17.9. The zero-order valence-electron chi connectivity index (χ0n) is 16.6. The lowest BCUT2D eigenvalue weighted by Crippen LogP contribution is -2.12. The van der Waals surface area contributed by atoms with Crippen molar-refractivity contribution in [3.63, 3.8) is 0 Å². The molecule has 2 aromatic carbocycles. The first-order valence-corrected chi connectivity index (χ1v) is 10.3. The summed E-state index contributed by atoms with van der Waals surface area (Å²) in [4.78, 5) is 0. The van der Waals surface area contributed by atoms with E-state index in [-0.39, 0.29) is 0 Å². The molecule has 3 rings (SSSR count). The molecular weight excluding hydrogens is 328 g/mol. The van der Waals surface area contributed by atoms with Crippen LogP contribution in [0.4, 0.5) is 0 Å². The van der Waals surface area contributed by atoms with E-state index in [1.807, 2.05) is 0 Å². The summed E-state index contributed by atoms with van der Waals surface area (Å²) >= 11 is 0. The second-order valence-electron chi connectivity index (χ2n) is 7.65. The van der Waals surface area contributed by atoms with Crippen molar-refractivity contribution in [1.82, 2.24) is 0 Å². The van der Waals surface area contributed by atoms with Crippen molar-refractivity contribution in [1.29, 1.82) is 0 Å². The molecule has 0 spiro atoms. The molecule has 0 atom stereocenters. The summed E-state index contributed by atoms with van der Waals surface area (Å²) in [6.07, 6.45) is 13.0. The molecule has 0 unspecified atom stereocenters. The van der Waals surface area contributed by atoms with E-state index in [0.717, 1.165) is 11.8 Å². The highest BCUT2D eigenvalue weighted by Crippen LogP contribution is 2.37. The quantitative estimate of drug-likeness (QED) is 0.354. The topological polar surface area (TPSA) is 9.23 Å². The van der Waals surface area contributed by atoms with Crippen LogP contribution in [0.1, 0.15) is 56.1 Å². The molecule has 142 valence electrons. The number of allylic oxidation sites excluding steroid dienone is 2. The average Bonchev–Trinajstić information content (AvgIpc) is 2.73. The zero-order valence-corrected chi connectivity index (χ0v) is 16.6. The Hall–Kier alpha value is -2.12. The minimum absolute atomic E-state index is 0.598. The van der Waals surface area contributed by atoms with Gasteiger partial charge in [-0.05, 0) is 73.1 Å². The van der Waals surface area contributed by atoms with E-state index in [4.69, 9.17) is 4.74 Å². The van der Waals surface area contributed by atoms with Crippen molar-refractivity contribution in [3.8, 4) is 11.1 Å². The molecule has 1 nitrogen and oxygen atoms in total. The lowest BCUT2D eigenvalue weighted by atomic mass is 9.77. The molecule has 0 aromatic heterocycles. The van der Waals surface area contributed by atoms with Crippen LogP contribution in [0.2, 0.25) is 0 Å². The van der Waals surface area contributed by atoms with E-state index < -0.39 is 0 Å². The Balaban J connectivity index is 1.56. The standard InChI is InChI=1S/C26H32O/c1-3-5-6-21-7-11-23(12-8-21)25-15-17-26(18-16-25)24-13-9-22(10-14-24)20-27-19-4-2/h3-5,9-10,13-18,21,23H,2,6-8,11-12,19-20H2,1H3. The summed E-state index contributed by atoms with van der Waals surface area (Å²) in [5.74, 6) is 1.64. The number of ether oxygens (including phenoxy) is 1. The van der Waals surface area contributed by atoms with Crippen molar-refractivity contribution in [2.75, 3.05) is 6.61 Å². The molecule has 0 aliphatic heterocycles. The highest BCUT2D eigenvalue weighted by molar-refractivity contribution is 5.64. The van der Waals surface area contributed by atoms with E-state index in [9.17, 15) is 0 Å². The number of benzene rings is 2. The largest absolute Gasteiger partial charge is 0.373 e. The first kappa shape index (κ1) is 19.6. The minimum Gasteiger partial charge on any atom is -0.373 e. The fraction of sp³-hybridized carbons (Fsp3) is 0.385. The molecule has 0 amide bonds. The van der Waals surface area contributed by atoms with Crippen molar-refractivity contribution in [2.45, 2.75) is 51.6 Å². The van der Waals surface area contributed by atoms with Gasteiger partial charge >= 0.3 is 0 Å². The van der Waals surface area contributed by atoms with Crippen LogP contribution >= 0.6 is 0 Å². The average molecular weight is 361 g/mol. The van der Waals surface area contributed by atoms with Crippen LogP contribution in [-0.4, -0.2) is 6.61 Å². The van der Waals surface area contributed by atoms with Gasteiger partial charge in [0.1, 0.15) is 0 Å². The first-order chi connectivity index (χ1) is 13.3. The van der Waals surface area contributed by atoms with E-state index >= 15 is 0 Å². The van der Waals surface area contributed by atoms with E-state index in [2.05, 4.69) is 74.2 Å². The van der Waals surface area contributed by atoms with Gasteiger partial charge in [0, 0.05) is 0 Å². The summed E-state index contributed by atoms with van der Waals surface area (Å²) in [5, 5.41) is 0. The van der Waals surface area contributed by atoms with Crippen LogP contribution in [0.15, 0.2) is 73.3 Å². The Morgan fingerprint density at radius 3 is 2.15 bits per heavy atom. The van der Waals surface area contributed by atoms with Gasteiger partial charge in [0.2, 0.25) is 0 Å². The molecule has 1 saturated carbocycles. The molecule has 0 heterocycles. The van der Waals surface area contributed by atoms with Gasteiger partial charge in [-0.2, -0.15) is 0 Å². The van der Waals surface area contributed by atoms with Gasteiger partial charge in [-0.25, -0.2) is 0 Å². The Bertz CT molecular complexity index is 716. The van der Waals surface area contributed by atoms with Gasteiger partial charge in [-0.3, -0.25) is 0 Å². The number of hydrogen-bond donors (Lipinski definition) is 0. The second-order valence-corrected chi connectivity index (χ2v) is 7.65. The molecule has 1 aliphatic rings. The van der Waals surface area contributed by atoms with Gasteiger partial charge in [-0.15, -0.1) is 6.58 Å². The van der Waals surface area contributed by atoms with Crippen molar-refractivity contribution < 1.29 is 4.74 Å². The second kappa shape index (κ2) is 10.3. The maximum absolute atomic E-state index is 5.50. The number of hydrogen-bond acceptors (Lipinski definition) is 1. The first-order valence-electron chi connectivity index (χ1n) is 10.3. The minimum atomic E-state index is 0.598. The van der Waals surface area contributed by atoms with E-state index in [1.54, 1.807) is 6.08 Å². The summed E-state index contributed by atoms with van der Waals surface area (Å²) in [5.41, 5.74) is 5.27. The predicted octanol–water partition coefficient (Wildman–Crippen LogP) is 7.30. The molecule has 0 N–H and O–H groups in total. The van der Waals surface area contributed by atoms with Crippen LogP contribution in [0.3, 0.4) is 0 Å². The summed E-state index contributed by atoms with van der Waals surface area (Å²) in [7, 11) is 0. The molecule has 1 heteroatoms. The van der Waals surface area contributed by atoms with Gasteiger partial charge in [-0.1, -0.05) is 66.8 Å². The Morgan fingerprint density at radius 2 is 1.56 bits per heavy atom. The number of rotatable bonds is 8. The molecule has 0 saturated heterocycles. The predicted molar refractivity (Wildman–Crippen MR) is 116 cm³/mol. The molecule has 2 aromatic rings. The molecule has 27 heavy (non-hydrogen) atoms. The third-order valence-electron chi connectivity index (χ3n) is 5.73. The molecule has 0 bridgehead atoms. The molecule has 1 aliphatic carbocycles. The van der Waals surface area contributed by atoms with Gasteiger partial charge in [0.15, 0.2) is 0 Å². The fourth-order valence-corrected chi connectivity index (χ4v) is 4.06. The van der Waals surface area contributed by atoms with Crippen molar-refractivity contribution >= 4 is 0 Å². The molecule has 1 fully saturated rings. The zero-order chi connectivity index (χ0) is 18.9. The van der Waals surface area contributed by atoms with Gasteiger partial charge in [0.25, 0.3) is 0 Å². The highest BCUT2D eigenvalue weighted by atomic mass is 16.5. The SMILES string of the molecule is C=CCOCc1ccc(-c2ccc(C3CCC(CC=CC)CC3)cc2)cc1. The maximum Gasteiger partial charge on any atom is 0.0721 e. The van der Waals surface area contributed by atoms with Crippen LogP contribution in [0.25, 0.3) is 11.1 Å². The fourth-order valence-electron chi connectivity index (χ4n) is 4.06. The smallest absolute Gasteiger partial charge is 0.0721 e. The van der Waals surface area contributed by atoms with Crippen LogP contribution in [0.5, 0.6) is 0 Å². The monoisotopic (exact) mass is 360 g/mol. The van der Waals surface area contributed by atoms with Crippen molar-refractivity contribution in [3.05, 3.63) is 84.5 Å². The third-order valence-corrected chi connectivity index (χ3v) is 5.73. The van der Waals surface area contributed by atoms with Gasteiger partial charge in [0.05, 0.1) is 13.2 Å². The van der Waals surface area contributed by atoms with Crippen LogP contribution < -0.4 is 0 Å². The van der Waals surface area contributed by atoms with Crippen LogP contribution in [-0.2, 0) is 11.3 Å². The third kappa shape index (κ3) is 5.68. The lowest BCUT2D eigenvalue weighted by Gasteiger charge is -2.28. The molecular formula is C26H32O. The lowest BCUT2D eigenvalue weighted by molar-refractivity contribution is 0.149.